The van der Waals surface area contributed by atoms with Crippen LogP contribution in [0.2, 0.25) is 0 Å². The number of nitrogens with one attached hydrogen (secondary N) is 1. The topological polar surface area (TPSA) is 60.5 Å². The number of carbonyl (C=O) groups excluding carboxylic acids is 1. The molecule has 0 fully saturated rings. The molecule has 1 amide bonds. The van der Waals surface area contributed by atoms with Gasteiger partial charge in [-0.1, -0.05) is 38.1 Å². The zero-order valence-electron chi connectivity index (χ0n) is 19.4. The number of benzene rings is 3. The van der Waals surface area contributed by atoms with E-state index < -0.39 is 0 Å². The molecule has 0 radical (unpaired) electrons. The second-order valence-electron chi connectivity index (χ2n) is 8.13. The fraction of sp³-hybridized carbons (Fsp3) is 0.214. The van der Waals surface area contributed by atoms with Crippen LogP contribution in [0.3, 0.4) is 0 Å². The molecule has 0 aliphatic rings. The van der Waals surface area contributed by atoms with Gasteiger partial charge in [-0.05, 0) is 60.9 Å². The minimum atomic E-state index is -0.173. The fourth-order valence-corrected chi connectivity index (χ4v) is 3.70. The number of hydrogen-bond acceptors (Lipinski definition) is 4. The summed E-state index contributed by atoms with van der Waals surface area (Å²) in [5, 5.41) is 3.77. The number of hydrogen-bond donors (Lipinski definition) is 1. The maximum atomic E-state index is 12.9. The van der Waals surface area contributed by atoms with E-state index in [9.17, 15) is 4.79 Å². The van der Waals surface area contributed by atoms with Gasteiger partial charge < -0.3 is 14.8 Å². The van der Waals surface area contributed by atoms with Gasteiger partial charge in [0.25, 0.3) is 5.91 Å². The highest BCUT2D eigenvalue weighted by molar-refractivity contribution is 6.07. The van der Waals surface area contributed by atoms with E-state index in [1.165, 1.54) is 5.56 Å². The summed E-state index contributed by atoms with van der Waals surface area (Å²) in [6, 6.07) is 23.1. The molecule has 33 heavy (non-hydrogen) atoms. The molecule has 5 nitrogen and oxygen atoms in total. The molecule has 1 aromatic heterocycles. The van der Waals surface area contributed by atoms with Crippen LogP contribution in [0.5, 0.6) is 11.5 Å². The maximum absolute atomic E-state index is 12.9. The Balaban J connectivity index is 1.67. The molecule has 4 rings (SSSR count). The van der Waals surface area contributed by atoms with Crippen molar-refractivity contribution in [2.45, 2.75) is 26.7 Å². The van der Waals surface area contributed by atoms with Crippen molar-refractivity contribution in [1.29, 1.82) is 0 Å². The number of nitrogens with zero attached hydrogens (tertiary/aromatic N) is 1. The van der Waals surface area contributed by atoms with Crippen molar-refractivity contribution in [2.24, 2.45) is 0 Å². The van der Waals surface area contributed by atoms with E-state index in [-0.39, 0.29) is 5.91 Å². The largest absolute Gasteiger partial charge is 0.497 e. The number of ether oxygens (including phenoxy) is 2. The van der Waals surface area contributed by atoms with Crippen molar-refractivity contribution in [2.75, 3.05) is 19.0 Å². The van der Waals surface area contributed by atoms with Crippen LogP contribution < -0.4 is 14.8 Å². The van der Waals surface area contributed by atoms with E-state index in [2.05, 4.69) is 19.2 Å². The molecule has 0 atom stereocenters. The van der Waals surface area contributed by atoms with Crippen LogP contribution in [0.15, 0.2) is 72.8 Å². The number of aromatic nitrogens is 1. The first-order chi connectivity index (χ1) is 16.0. The lowest BCUT2D eigenvalue weighted by atomic mass is 10.0. The molecule has 168 valence electrons. The number of rotatable bonds is 7. The number of methoxy groups -OCH3 is 1. The monoisotopic (exact) mass is 440 g/mol. The summed E-state index contributed by atoms with van der Waals surface area (Å²) in [6.45, 7) is 6.74. The van der Waals surface area contributed by atoms with Gasteiger partial charge in [0.15, 0.2) is 0 Å². The van der Waals surface area contributed by atoms with Crippen molar-refractivity contribution in [3.8, 4) is 22.8 Å². The Morgan fingerprint density at radius 3 is 2.48 bits per heavy atom. The minimum Gasteiger partial charge on any atom is -0.497 e. The number of fused-ring (bicyclic) bond motifs is 1. The Kier molecular flexibility index (Phi) is 6.59. The van der Waals surface area contributed by atoms with Gasteiger partial charge in [-0.25, -0.2) is 4.98 Å². The van der Waals surface area contributed by atoms with Gasteiger partial charge >= 0.3 is 0 Å². The summed E-state index contributed by atoms with van der Waals surface area (Å²) >= 11 is 0. The molecular weight excluding hydrogens is 412 g/mol. The smallest absolute Gasteiger partial charge is 0.255 e. The molecule has 5 heteroatoms. The highest BCUT2D eigenvalue weighted by atomic mass is 16.5. The van der Waals surface area contributed by atoms with Crippen molar-refractivity contribution in [3.63, 3.8) is 0 Å². The third-order valence-electron chi connectivity index (χ3n) is 5.53. The third-order valence-corrected chi connectivity index (χ3v) is 5.53. The molecular formula is C28H28N2O3. The lowest BCUT2D eigenvalue weighted by molar-refractivity contribution is 0.102. The van der Waals surface area contributed by atoms with Gasteiger partial charge in [0.05, 0.1) is 24.9 Å². The summed E-state index contributed by atoms with van der Waals surface area (Å²) in [4.78, 5) is 17.7. The molecule has 0 unspecified atom stereocenters. The van der Waals surface area contributed by atoms with Gasteiger partial charge in [0.2, 0.25) is 0 Å². The number of carbonyl (C=O) groups is 1. The Labute approximate surface area is 194 Å². The van der Waals surface area contributed by atoms with Crippen LogP contribution in [0.1, 0.15) is 42.6 Å². The maximum Gasteiger partial charge on any atom is 0.255 e. The summed E-state index contributed by atoms with van der Waals surface area (Å²) in [5.74, 6) is 1.73. The van der Waals surface area contributed by atoms with Crippen LogP contribution in [0.4, 0.5) is 5.69 Å². The first-order valence-corrected chi connectivity index (χ1v) is 11.1. The normalized spacial score (nSPS) is 10.9. The summed E-state index contributed by atoms with van der Waals surface area (Å²) in [5.41, 5.74) is 5.03. The SMILES string of the molecule is CCOc1cc(-c2cccc(OC)c2)nc2ccc(C(=O)Nc3ccc(C(C)C)cc3)cc12. The van der Waals surface area contributed by atoms with Crippen LogP contribution in [-0.2, 0) is 0 Å². The first kappa shape index (κ1) is 22.3. The quantitative estimate of drug-likeness (QED) is 0.348. The van der Waals surface area contributed by atoms with Crippen molar-refractivity contribution in [1.82, 2.24) is 4.98 Å². The van der Waals surface area contributed by atoms with Crippen LogP contribution in [0, 0.1) is 0 Å². The molecule has 0 spiro atoms. The fourth-order valence-electron chi connectivity index (χ4n) is 3.70. The lowest BCUT2D eigenvalue weighted by Gasteiger charge is -2.13. The zero-order valence-corrected chi connectivity index (χ0v) is 19.4. The number of pyridine rings is 1. The average molecular weight is 441 g/mol. The van der Waals surface area contributed by atoms with E-state index in [0.29, 0.717) is 23.8 Å². The summed E-state index contributed by atoms with van der Waals surface area (Å²) in [6.07, 6.45) is 0. The van der Waals surface area contributed by atoms with Gasteiger partial charge in [-0.3, -0.25) is 4.79 Å². The number of amides is 1. The highest BCUT2D eigenvalue weighted by Gasteiger charge is 2.13. The predicted octanol–water partition coefficient (Wildman–Crippen LogP) is 6.68. The van der Waals surface area contributed by atoms with E-state index in [1.54, 1.807) is 13.2 Å². The van der Waals surface area contributed by atoms with Gasteiger partial charge in [0, 0.05) is 28.3 Å². The molecule has 0 saturated carbocycles. The summed E-state index contributed by atoms with van der Waals surface area (Å²) in [7, 11) is 1.64. The molecule has 0 aliphatic carbocycles. The molecule has 0 bridgehead atoms. The van der Waals surface area contributed by atoms with Crippen molar-refractivity contribution in [3.05, 3.63) is 83.9 Å². The van der Waals surface area contributed by atoms with Gasteiger partial charge in [0.1, 0.15) is 11.5 Å². The third kappa shape index (κ3) is 4.98. The first-order valence-electron chi connectivity index (χ1n) is 11.1. The molecule has 0 saturated heterocycles. The molecule has 4 aromatic rings. The van der Waals surface area contributed by atoms with Gasteiger partial charge in [-0.15, -0.1) is 0 Å². The second kappa shape index (κ2) is 9.74. The van der Waals surface area contributed by atoms with Crippen molar-refractivity contribution >= 4 is 22.5 Å². The predicted molar refractivity (Wildman–Crippen MR) is 133 cm³/mol. The zero-order chi connectivity index (χ0) is 23.4. The second-order valence-corrected chi connectivity index (χ2v) is 8.13. The minimum absolute atomic E-state index is 0.173. The van der Waals surface area contributed by atoms with E-state index in [0.717, 1.165) is 33.6 Å². The molecule has 0 aliphatic heterocycles. The molecule has 1 heterocycles. The van der Waals surface area contributed by atoms with Crippen LogP contribution in [-0.4, -0.2) is 24.6 Å². The van der Waals surface area contributed by atoms with Gasteiger partial charge in [-0.2, -0.15) is 0 Å². The Bertz CT molecular complexity index is 1280. The van der Waals surface area contributed by atoms with Crippen LogP contribution >= 0.6 is 0 Å². The van der Waals surface area contributed by atoms with Crippen molar-refractivity contribution < 1.29 is 14.3 Å². The molecule has 1 N–H and O–H groups in total. The van der Waals surface area contributed by atoms with E-state index >= 15 is 0 Å². The van der Waals surface area contributed by atoms with E-state index in [1.807, 2.05) is 73.7 Å². The Hall–Kier alpha value is -3.86. The highest BCUT2D eigenvalue weighted by Crippen LogP contribution is 2.32. The Morgan fingerprint density at radius 2 is 1.79 bits per heavy atom. The molecule has 3 aromatic carbocycles. The Morgan fingerprint density at radius 1 is 1.00 bits per heavy atom. The van der Waals surface area contributed by atoms with E-state index in [4.69, 9.17) is 14.5 Å². The van der Waals surface area contributed by atoms with Crippen LogP contribution in [0.25, 0.3) is 22.2 Å². The standard InChI is InChI=1S/C28H28N2O3/c1-5-33-27-17-26(20-7-6-8-23(15-20)32-4)30-25-14-11-21(16-24(25)27)28(31)29-22-12-9-19(10-13-22)18(2)3/h6-18H,5H2,1-4H3,(H,29,31). The summed E-state index contributed by atoms with van der Waals surface area (Å²) < 4.78 is 11.3. The number of anilines is 1. The average Bonchev–Trinajstić information content (AvgIpc) is 2.84. The lowest BCUT2D eigenvalue weighted by Crippen LogP contribution is -2.12.